The number of nitrogens with one attached hydrogen (secondary N) is 3. The third kappa shape index (κ3) is 9.46. The lowest BCUT2D eigenvalue weighted by Crippen LogP contribution is -2.54. The average molecular weight is 492 g/mol. The van der Waals surface area contributed by atoms with Crippen molar-refractivity contribution in [2.75, 3.05) is 11.9 Å². The molecule has 2 heterocycles. The third-order valence-electron chi connectivity index (χ3n) is 4.77. The van der Waals surface area contributed by atoms with E-state index in [0.717, 1.165) is 24.4 Å². The molecule has 1 saturated carbocycles. The second-order valence-corrected chi connectivity index (χ2v) is 9.88. The molecule has 184 valence electrons. The van der Waals surface area contributed by atoms with Gasteiger partial charge in [-0.3, -0.25) is 14.9 Å². The molecular weight excluding hydrogens is 463 g/mol. The maximum absolute atomic E-state index is 12.2. The number of halogens is 3. The predicted octanol–water partition coefficient (Wildman–Crippen LogP) is 2.61. The van der Waals surface area contributed by atoms with Crippen LogP contribution in [0.1, 0.15) is 51.5 Å². The first-order valence-electron chi connectivity index (χ1n) is 10.4. The minimum absolute atomic E-state index is 0.0194. The number of amides is 2. The zero-order valence-electron chi connectivity index (χ0n) is 18.5. The quantitative estimate of drug-likeness (QED) is 0.431. The number of carboxylic acid groups (broad SMARTS) is 1. The molecule has 2 aliphatic rings. The van der Waals surface area contributed by atoms with Gasteiger partial charge in [-0.1, -0.05) is 51.0 Å². The van der Waals surface area contributed by atoms with E-state index < -0.39 is 12.1 Å². The maximum Gasteiger partial charge on any atom is 0.490 e. The van der Waals surface area contributed by atoms with Gasteiger partial charge in [-0.15, -0.1) is 10.2 Å². The fraction of sp³-hybridized carbons (Fsp3) is 0.650. The van der Waals surface area contributed by atoms with Crippen LogP contribution in [0.2, 0.25) is 0 Å². The molecule has 33 heavy (non-hydrogen) atoms. The Morgan fingerprint density at radius 1 is 1.21 bits per heavy atom. The minimum atomic E-state index is -5.08. The summed E-state index contributed by atoms with van der Waals surface area (Å²) in [5, 5.41) is 25.5. The lowest BCUT2D eigenvalue weighted by molar-refractivity contribution is -0.192. The van der Waals surface area contributed by atoms with Gasteiger partial charge < -0.3 is 15.7 Å². The summed E-state index contributed by atoms with van der Waals surface area (Å²) in [5.41, 5.74) is -0.0916. The van der Waals surface area contributed by atoms with Gasteiger partial charge in [0.15, 0.2) is 0 Å². The van der Waals surface area contributed by atoms with Gasteiger partial charge in [-0.05, 0) is 25.3 Å². The van der Waals surface area contributed by atoms with Crippen LogP contribution < -0.4 is 16.0 Å². The molecule has 2 atom stereocenters. The van der Waals surface area contributed by atoms with Crippen molar-refractivity contribution in [2.24, 2.45) is 5.92 Å². The van der Waals surface area contributed by atoms with Crippen molar-refractivity contribution in [3.63, 3.8) is 0 Å². The number of nitrogens with zero attached hydrogens (tertiary/aromatic N) is 2. The van der Waals surface area contributed by atoms with E-state index >= 15 is 0 Å². The van der Waals surface area contributed by atoms with E-state index in [2.05, 4.69) is 46.9 Å². The number of hydrogen-bond acceptors (Lipinski definition) is 7. The van der Waals surface area contributed by atoms with Crippen molar-refractivity contribution in [1.82, 2.24) is 20.8 Å². The topological polar surface area (TPSA) is 133 Å². The molecule has 9 nitrogen and oxygen atoms in total. The Kier molecular flexibility index (Phi) is 8.95. The summed E-state index contributed by atoms with van der Waals surface area (Å²) in [6.07, 6.45) is 2.35. The highest BCUT2D eigenvalue weighted by Gasteiger charge is 2.38. The molecule has 1 saturated heterocycles. The standard InChI is InChI=1S/C18H27N5O2S.C2HF3O2/c1-18(2,3)16-22-23-17(26-16)21-14(24)7-6-12(10-11-4-5-11)20-15(25)13-8-9-19-13;3-2(4,5)1(6)7/h6-7,11-13,19H,4-5,8-10H2,1-3H3,(H,20,25)(H,21,23,24);(H,6,7)/t12-,13+;/m1./s1. The average Bonchev–Trinajstić information content (AvgIpc) is 3.31. The maximum atomic E-state index is 12.2. The second kappa shape index (κ2) is 11.1. The number of carbonyl (C=O) groups is 3. The Balaban J connectivity index is 0.000000479. The predicted molar refractivity (Wildman–Crippen MR) is 116 cm³/mol. The van der Waals surface area contributed by atoms with Gasteiger partial charge in [-0.25, -0.2) is 4.79 Å². The molecule has 1 aliphatic carbocycles. The van der Waals surface area contributed by atoms with E-state index in [1.54, 1.807) is 6.08 Å². The van der Waals surface area contributed by atoms with Crippen molar-refractivity contribution in [2.45, 2.75) is 70.1 Å². The molecular formula is C20H28F3N5O4S. The molecule has 2 fully saturated rings. The van der Waals surface area contributed by atoms with E-state index in [4.69, 9.17) is 9.90 Å². The summed E-state index contributed by atoms with van der Waals surface area (Å²) in [7, 11) is 0. The van der Waals surface area contributed by atoms with Crippen molar-refractivity contribution in [3.05, 3.63) is 17.2 Å². The normalized spacial score (nSPS) is 19.2. The molecule has 13 heteroatoms. The van der Waals surface area contributed by atoms with Gasteiger partial charge in [-0.2, -0.15) is 13.2 Å². The molecule has 0 bridgehead atoms. The van der Waals surface area contributed by atoms with E-state index in [1.807, 2.05) is 0 Å². The Labute approximate surface area is 193 Å². The van der Waals surface area contributed by atoms with E-state index in [1.165, 1.54) is 30.3 Å². The van der Waals surface area contributed by atoms with Crippen LogP contribution in [0, 0.1) is 5.92 Å². The van der Waals surface area contributed by atoms with Crippen molar-refractivity contribution >= 4 is 34.3 Å². The lowest BCUT2D eigenvalue weighted by Gasteiger charge is -2.28. The summed E-state index contributed by atoms with van der Waals surface area (Å²) < 4.78 is 31.7. The molecule has 0 radical (unpaired) electrons. The summed E-state index contributed by atoms with van der Waals surface area (Å²) >= 11 is 1.38. The molecule has 4 N–H and O–H groups in total. The monoisotopic (exact) mass is 491 g/mol. The van der Waals surface area contributed by atoms with Crippen molar-refractivity contribution < 1.29 is 32.7 Å². The lowest BCUT2D eigenvalue weighted by atomic mass is 9.98. The summed E-state index contributed by atoms with van der Waals surface area (Å²) in [4.78, 5) is 33.2. The zero-order valence-corrected chi connectivity index (χ0v) is 19.3. The SMILES string of the molecule is CC(C)(C)c1nnc(NC(=O)C=C[C@H](CC2CC2)NC(=O)[C@@H]2CCN2)s1.O=C(O)C(F)(F)F. The fourth-order valence-electron chi connectivity index (χ4n) is 2.62. The van der Waals surface area contributed by atoms with Gasteiger partial charge in [0.25, 0.3) is 0 Å². The molecule has 0 unspecified atom stereocenters. The van der Waals surface area contributed by atoms with Crippen LogP contribution in [0.15, 0.2) is 12.2 Å². The van der Waals surface area contributed by atoms with Gasteiger partial charge in [0.2, 0.25) is 16.9 Å². The summed E-state index contributed by atoms with van der Waals surface area (Å²) in [6.45, 7) is 7.06. The number of aliphatic carboxylic acids is 1. The fourth-order valence-corrected chi connectivity index (χ4v) is 3.43. The van der Waals surface area contributed by atoms with Crippen molar-refractivity contribution in [1.29, 1.82) is 0 Å². The van der Waals surface area contributed by atoms with Gasteiger partial charge in [0.05, 0.1) is 6.04 Å². The first-order chi connectivity index (χ1) is 15.3. The minimum Gasteiger partial charge on any atom is -0.475 e. The van der Waals surface area contributed by atoms with Crippen LogP contribution in [0.5, 0.6) is 0 Å². The van der Waals surface area contributed by atoms with Crippen LogP contribution in [-0.2, 0) is 19.8 Å². The largest absolute Gasteiger partial charge is 0.490 e. The van der Waals surface area contributed by atoms with E-state index in [9.17, 15) is 22.8 Å². The second-order valence-electron chi connectivity index (χ2n) is 8.90. The highest BCUT2D eigenvalue weighted by molar-refractivity contribution is 7.15. The Bertz CT molecular complexity index is 874. The molecule has 2 amide bonds. The van der Waals surface area contributed by atoms with Crippen LogP contribution in [0.4, 0.5) is 18.3 Å². The number of anilines is 1. The highest BCUT2D eigenvalue weighted by Crippen LogP contribution is 2.34. The molecule has 0 aromatic carbocycles. The third-order valence-corrected chi connectivity index (χ3v) is 6.04. The summed E-state index contributed by atoms with van der Waals surface area (Å²) in [5.74, 6) is -2.34. The number of carbonyl (C=O) groups excluding carboxylic acids is 2. The molecule has 0 spiro atoms. The number of rotatable bonds is 7. The van der Waals surface area contributed by atoms with Crippen molar-refractivity contribution in [3.8, 4) is 0 Å². The Morgan fingerprint density at radius 3 is 2.24 bits per heavy atom. The zero-order chi connectivity index (χ0) is 24.8. The van der Waals surface area contributed by atoms with Crippen LogP contribution in [0.25, 0.3) is 0 Å². The van der Waals surface area contributed by atoms with E-state index in [-0.39, 0.29) is 29.3 Å². The first kappa shape index (κ1) is 26.7. The number of hydrogen-bond donors (Lipinski definition) is 4. The van der Waals surface area contributed by atoms with Crippen LogP contribution in [-0.4, -0.2) is 57.9 Å². The van der Waals surface area contributed by atoms with Gasteiger partial charge in [0, 0.05) is 17.5 Å². The number of aromatic nitrogens is 2. The molecule has 1 aromatic rings. The smallest absolute Gasteiger partial charge is 0.475 e. The molecule has 1 aromatic heterocycles. The first-order valence-corrected chi connectivity index (χ1v) is 11.2. The number of carboxylic acids is 1. The van der Waals surface area contributed by atoms with E-state index in [0.29, 0.717) is 11.0 Å². The van der Waals surface area contributed by atoms with Crippen LogP contribution >= 0.6 is 11.3 Å². The molecule has 1 aliphatic heterocycles. The van der Waals surface area contributed by atoms with Gasteiger partial charge in [0.1, 0.15) is 5.01 Å². The molecule has 3 rings (SSSR count). The highest BCUT2D eigenvalue weighted by atomic mass is 32.1. The number of alkyl halides is 3. The van der Waals surface area contributed by atoms with Gasteiger partial charge >= 0.3 is 12.1 Å². The Morgan fingerprint density at radius 2 is 1.82 bits per heavy atom. The summed E-state index contributed by atoms with van der Waals surface area (Å²) in [6, 6.07) is -0.196. The van der Waals surface area contributed by atoms with Crippen LogP contribution in [0.3, 0.4) is 0 Å². The Hall–Kier alpha value is -2.54.